The Morgan fingerprint density at radius 2 is 1.71 bits per heavy atom. The normalized spacial score (nSPS) is 10.6. The van der Waals surface area contributed by atoms with Gasteiger partial charge in [-0.2, -0.15) is 5.10 Å². The molecule has 1 heterocycles. The first-order chi connectivity index (χ1) is 11.6. The van der Waals surface area contributed by atoms with E-state index in [0.29, 0.717) is 12.2 Å². The van der Waals surface area contributed by atoms with Gasteiger partial charge in [-0.3, -0.25) is 4.68 Å². The summed E-state index contributed by atoms with van der Waals surface area (Å²) in [6.07, 6.45) is 1.58. The van der Waals surface area contributed by atoms with Crippen molar-refractivity contribution in [3.05, 3.63) is 60.4 Å². The third-order valence-electron chi connectivity index (χ3n) is 3.84. The molecule has 3 aromatic rings. The van der Waals surface area contributed by atoms with Crippen LogP contribution in [0.2, 0.25) is 0 Å². The number of aromatic carboxylic acids is 1. The van der Waals surface area contributed by atoms with Crippen LogP contribution >= 0.6 is 0 Å². The van der Waals surface area contributed by atoms with Crippen molar-refractivity contribution in [1.82, 2.24) is 9.78 Å². The van der Waals surface area contributed by atoms with E-state index in [4.69, 9.17) is 4.74 Å². The summed E-state index contributed by atoms with van der Waals surface area (Å²) in [5.74, 6) is -0.156. The molecule has 122 valence electrons. The van der Waals surface area contributed by atoms with Crippen LogP contribution < -0.4 is 4.74 Å². The second-order valence-electron chi connectivity index (χ2n) is 5.34. The summed E-state index contributed by atoms with van der Waals surface area (Å²) in [5, 5.41) is 13.4. The number of ether oxygens (including phenoxy) is 1. The van der Waals surface area contributed by atoms with Crippen molar-refractivity contribution in [3.8, 4) is 28.0 Å². The van der Waals surface area contributed by atoms with E-state index in [9.17, 15) is 9.90 Å². The number of benzene rings is 2. The second kappa shape index (κ2) is 6.58. The first-order valence-electron chi connectivity index (χ1n) is 7.69. The van der Waals surface area contributed by atoms with Crippen molar-refractivity contribution in [3.63, 3.8) is 0 Å². The fourth-order valence-electron chi connectivity index (χ4n) is 2.72. The third-order valence-corrected chi connectivity index (χ3v) is 3.84. The van der Waals surface area contributed by atoms with E-state index < -0.39 is 5.97 Å². The first kappa shape index (κ1) is 15.8. The number of rotatable bonds is 5. The van der Waals surface area contributed by atoms with Gasteiger partial charge in [0.2, 0.25) is 0 Å². The Hall–Kier alpha value is -3.08. The minimum atomic E-state index is -0.990. The summed E-state index contributed by atoms with van der Waals surface area (Å²) in [6.45, 7) is 2.56. The lowest BCUT2D eigenvalue weighted by Gasteiger charge is -2.10. The van der Waals surface area contributed by atoms with Crippen molar-refractivity contribution >= 4 is 5.97 Å². The van der Waals surface area contributed by atoms with E-state index in [2.05, 4.69) is 5.10 Å². The highest BCUT2D eigenvalue weighted by molar-refractivity contribution is 5.94. The molecule has 0 amide bonds. The van der Waals surface area contributed by atoms with Gasteiger partial charge in [-0.25, -0.2) is 4.79 Å². The van der Waals surface area contributed by atoms with Gasteiger partial charge in [0.25, 0.3) is 0 Å². The summed E-state index contributed by atoms with van der Waals surface area (Å²) in [6, 6.07) is 15.6. The molecule has 2 aromatic carbocycles. The van der Waals surface area contributed by atoms with Crippen LogP contribution in [0, 0.1) is 0 Å². The molecule has 0 aliphatic carbocycles. The fraction of sp³-hybridized carbons (Fsp3) is 0.158. The standard InChI is InChI=1S/C19H18N2O3/c1-3-24-17-7-5-4-6-15(17)13-8-10-14(11-9-13)16-12-20-21(2)18(16)19(22)23/h4-12H,3H2,1-2H3,(H,22,23). The van der Waals surface area contributed by atoms with Crippen molar-refractivity contribution in [2.75, 3.05) is 6.61 Å². The predicted molar refractivity (Wildman–Crippen MR) is 92.2 cm³/mol. The molecular formula is C19H18N2O3. The second-order valence-corrected chi connectivity index (χ2v) is 5.34. The van der Waals surface area contributed by atoms with Gasteiger partial charge in [0.05, 0.1) is 12.8 Å². The van der Waals surface area contributed by atoms with Gasteiger partial charge in [-0.15, -0.1) is 0 Å². The average Bonchev–Trinajstić information content (AvgIpc) is 2.98. The number of para-hydroxylation sites is 1. The Balaban J connectivity index is 1.99. The summed E-state index contributed by atoms with van der Waals surface area (Å²) in [7, 11) is 1.62. The highest BCUT2D eigenvalue weighted by Gasteiger charge is 2.17. The predicted octanol–water partition coefficient (Wildman–Crippen LogP) is 3.85. The molecule has 0 aliphatic rings. The first-order valence-corrected chi connectivity index (χ1v) is 7.69. The van der Waals surface area contributed by atoms with Crippen LogP contribution in [0.3, 0.4) is 0 Å². The molecule has 0 fully saturated rings. The maximum atomic E-state index is 11.4. The Bertz CT molecular complexity index is 867. The smallest absolute Gasteiger partial charge is 0.354 e. The molecule has 0 spiro atoms. The number of aryl methyl sites for hydroxylation is 1. The summed E-state index contributed by atoms with van der Waals surface area (Å²) in [5.41, 5.74) is 3.63. The number of carbonyl (C=O) groups is 1. The van der Waals surface area contributed by atoms with Crippen LogP contribution in [0.4, 0.5) is 0 Å². The van der Waals surface area contributed by atoms with Crippen molar-refractivity contribution in [2.45, 2.75) is 6.92 Å². The zero-order valence-corrected chi connectivity index (χ0v) is 13.6. The molecule has 1 aromatic heterocycles. The molecule has 0 saturated heterocycles. The topological polar surface area (TPSA) is 64.4 Å². The van der Waals surface area contributed by atoms with Crippen LogP contribution in [0.25, 0.3) is 22.3 Å². The number of carboxylic acids is 1. The largest absolute Gasteiger partial charge is 0.493 e. The van der Waals surface area contributed by atoms with Gasteiger partial charge in [0.15, 0.2) is 5.69 Å². The lowest BCUT2D eigenvalue weighted by Crippen LogP contribution is -2.06. The molecule has 1 N–H and O–H groups in total. The molecule has 0 radical (unpaired) electrons. The van der Waals surface area contributed by atoms with Gasteiger partial charge >= 0.3 is 5.97 Å². The number of carboxylic acid groups (broad SMARTS) is 1. The molecule has 3 rings (SSSR count). The van der Waals surface area contributed by atoms with Crippen molar-refractivity contribution < 1.29 is 14.6 Å². The summed E-state index contributed by atoms with van der Waals surface area (Å²) < 4.78 is 7.04. The Kier molecular flexibility index (Phi) is 4.33. The number of hydrogen-bond acceptors (Lipinski definition) is 3. The van der Waals surface area contributed by atoms with Crippen molar-refractivity contribution in [2.24, 2.45) is 7.05 Å². The molecule has 24 heavy (non-hydrogen) atoms. The van der Waals surface area contributed by atoms with Crippen LogP contribution in [0.15, 0.2) is 54.7 Å². The minimum Gasteiger partial charge on any atom is -0.493 e. The minimum absolute atomic E-state index is 0.178. The number of hydrogen-bond donors (Lipinski definition) is 1. The third kappa shape index (κ3) is 2.88. The lowest BCUT2D eigenvalue weighted by molar-refractivity contribution is 0.0686. The van der Waals surface area contributed by atoms with E-state index in [-0.39, 0.29) is 5.69 Å². The summed E-state index contributed by atoms with van der Waals surface area (Å²) >= 11 is 0. The van der Waals surface area contributed by atoms with Crippen molar-refractivity contribution in [1.29, 1.82) is 0 Å². The van der Waals surface area contributed by atoms with E-state index in [1.54, 1.807) is 13.2 Å². The van der Waals surface area contributed by atoms with Gasteiger partial charge in [0, 0.05) is 18.2 Å². The van der Waals surface area contributed by atoms with Gasteiger partial charge in [-0.1, -0.05) is 42.5 Å². The van der Waals surface area contributed by atoms with Crippen LogP contribution in [-0.2, 0) is 7.05 Å². The van der Waals surface area contributed by atoms with Crippen LogP contribution in [0.1, 0.15) is 17.4 Å². The molecular weight excluding hydrogens is 304 g/mol. The zero-order valence-electron chi connectivity index (χ0n) is 13.6. The quantitative estimate of drug-likeness (QED) is 0.775. The van der Waals surface area contributed by atoms with E-state index >= 15 is 0 Å². The fourth-order valence-corrected chi connectivity index (χ4v) is 2.72. The van der Waals surface area contributed by atoms with Gasteiger partial charge in [-0.05, 0) is 24.1 Å². The number of aromatic nitrogens is 2. The molecule has 0 bridgehead atoms. The Labute approximate surface area is 140 Å². The monoisotopic (exact) mass is 322 g/mol. The van der Waals surface area contributed by atoms with Crippen LogP contribution in [-0.4, -0.2) is 27.5 Å². The van der Waals surface area contributed by atoms with Crippen LogP contribution in [0.5, 0.6) is 5.75 Å². The maximum absolute atomic E-state index is 11.4. The van der Waals surface area contributed by atoms with E-state index in [0.717, 1.165) is 22.4 Å². The van der Waals surface area contributed by atoms with Gasteiger partial charge in [0.1, 0.15) is 5.75 Å². The molecule has 0 unspecified atom stereocenters. The SMILES string of the molecule is CCOc1ccccc1-c1ccc(-c2cnn(C)c2C(=O)O)cc1. The molecule has 5 heteroatoms. The number of nitrogens with zero attached hydrogens (tertiary/aromatic N) is 2. The highest BCUT2D eigenvalue weighted by atomic mass is 16.5. The summed E-state index contributed by atoms with van der Waals surface area (Å²) in [4.78, 5) is 11.4. The van der Waals surface area contributed by atoms with E-state index in [1.807, 2.05) is 55.5 Å². The molecule has 5 nitrogen and oxygen atoms in total. The Morgan fingerprint density at radius 3 is 2.33 bits per heavy atom. The lowest BCUT2D eigenvalue weighted by atomic mass is 10.00. The molecule has 0 atom stereocenters. The molecule has 0 aliphatic heterocycles. The highest BCUT2D eigenvalue weighted by Crippen LogP contribution is 2.32. The Morgan fingerprint density at radius 1 is 1.08 bits per heavy atom. The molecule has 0 saturated carbocycles. The zero-order chi connectivity index (χ0) is 17.1. The van der Waals surface area contributed by atoms with E-state index in [1.165, 1.54) is 4.68 Å². The maximum Gasteiger partial charge on any atom is 0.354 e. The van der Waals surface area contributed by atoms with Gasteiger partial charge < -0.3 is 9.84 Å². The average molecular weight is 322 g/mol.